The van der Waals surface area contributed by atoms with Crippen LogP contribution in [0.2, 0.25) is 0 Å². The molecule has 8 heteroatoms. The number of aliphatic imine (C=N–C) groups is 1. The van der Waals surface area contributed by atoms with Gasteiger partial charge in [0.15, 0.2) is 0 Å². The van der Waals surface area contributed by atoms with Crippen LogP contribution in [0, 0.1) is 0 Å². The maximum absolute atomic E-state index is 10.9. The fourth-order valence-corrected chi connectivity index (χ4v) is 1.14. The van der Waals surface area contributed by atoms with Gasteiger partial charge < -0.3 is 26.6 Å². The van der Waals surface area contributed by atoms with Crippen LogP contribution in [-0.4, -0.2) is 54.5 Å². The fraction of sp³-hybridized carbons (Fsp3) is 0.500. The molecule has 8 nitrogen and oxygen atoms in total. The molecule has 0 aromatic carbocycles. The number of nitrogens with one attached hydrogen (secondary N) is 2. The van der Waals surface area contributed by atoms with E-state index >= 15 is 0 Å². The number of carboxylic acids is 2. The average molecular weight is 258 g/mol. The van der Waals surface area contributed by atoms with Crippen LogP contribution in [0.4, 0.5) is 0 Å². The molecule has 0 saturated heterocycles. The summed E-state index contributed by atoms with van der Waals surface area (Å²) in [5, 5.41) is 22.6. The van der Waals surface area contributed by atoms with Gasteiger partial charge in [0, 0.05) is 25.7 Å². The summed E-state index contributed by atoms with van der Waals surface area (Å²) in [4.78, 5) is 24.9. The Morgan fingerprint density at radius 2 is 2.11 bits per heavy atom. The number of hydrogen-bond acceptors (Lipinski definition) is 6. The maximum Gasteiger partial charge on any atom is 0.322 e. The van der Waals surface area contributed by atoms with Crippen molar-refractivity contribution in [2.75, 3.05) is 19.6 Å². The molecule has 1 unspecified atom stereocenters. The number of nitrogens with two attached hydrogens (primary N) is 1. The highest BCUT2D eigenvalue weighted by Crippen LogP contribution is 2.05. The van der Waals surface area contributed by atoms with Gasteiger partial charge >= 0.3 is 11.9 Å². The van der Waals surface area contributed by atoms with Crippen LogP contribution in [0.1, 0.15) is 6.42 Å². The highest BCUT2D eigenvalue weighted by Gasteiger charge is 2.17. The summed E-state index contributed by atoms with van der Waals surface area (Å²) in [5.74, 6) is -2.05. The summed E-state index contributed by atoms with van der Waals surface area (Å²) in [5.41, 5.74) is 5.63. The average Bonchev–Trinajstić information content (AvgIpc) is 2.31. The van der Waals surface area contributed by atoms with E-state index in [1.165, 1.54) is 6.20 Å². The molecule has 0 aliphatic carbocycles. The third-order valence-corrected chi connectivity index (χ3v) is 1.97. The zero-order valence-corrected chi connectivity index (χ0v) is 9.93. The quantitative estimate of drug-likeness (QED) is 0.304. The molecule has 0 rings (SSSR count). The number of rotatable bonds is 10. The van der Waals surface area contributed by atoms with Crippen molar-refractivity contribution in [1.82, 2.24) is 10.6 Å². The Morgan fingerprint density at radius 3 is 2.56 bits per heavy atom. The molecule has 0 aliphatic heterocycles. The predicted molar refractivity (Wildman–Crippen MR) is 66.4 cm³/mol. The molecule has 0 aromatic heterocycles. The number of nitrogens with zero attached hydrogens (tertiary/aromatic N) is 1. The van der Waals surface area contributed by atoms with Crippen molar-refractivity contribution in [3.05, 3.63) is 11.9 Å². The van der Waals surface area contributed by atoms with Gasteiger partial charge in [0.05, 0.1) is 5.70 Å². The highest BCUT2D eigenvalue weighted by molar-refractivity contribution is 5.74. The molecule has 0 aliphatic rings. The van der Waals surface area contributed by atoms with Gasteiger partial charge in [-0.05, 0) is 6.72 Å². The first-order valence-corrected chi connectivity index (χ1v) is 5.28. The topological polar surface area (TPSA) is 137 Å². The fourth-order valence-electron chi connectivity index (χ4n) is 1.14. The second-order valence-corrected chi connectivity index (χ2v) is 3.41. The van der Waals surface area contributed by atoms with Crippen LogP contribution in [0.15, 0.2) is 16.9 Å². The third kappa shape index (κ3) is 7.36. The van der Waals surface area contributed by atoms with Gasteiger partial charge in [-0.1, -0.05) is 0 Å². The minimum Gasteiger partial charge on any atom is -0.480 e. The van der Waals surface area contributed by atoms with Crippen molar-refractivity contribution in [2.24, 2.45) is 10.7 Å². The van der Waals surface area contributed by atoms with E-state index in [-0.39, 0.29) is 13.0 Å². The van der Waals surface area contributed by atoms with E-state index in [2.05, 4.69) is 22.3 Å². The van der Waals surface area contributed by atoms with Crippen molar-refractivity contribution >= 4 is 18.7 Å². The van der Waals surface area contributed by atoms with Crippen molar-refractivity contribution in [3.63, 3.8) is 0 Å². The van der Waals surface area contributed by atoms with Crippen LogP contribution in [0.25, 0.3) is 0 Å². The normalized spacial score (nSPS) is 12.8. The van der Waals surface area contributed by atoms with Gasteiger partial charge in [-0.3, -0.25) is 14.6 Å². The van der Waals surface area contributed by atoms with E-state index in [1.807, 2.05) is 0 Å². The molecule has 0 fully saturated rings. The minimum absolute atomic E-state index is 0.0887. The predicted octanol–water partition coefficient (Wildman–Crippen LogP) is -1.41. The largest absolute Gasteiger partial charge is 0.480 e. The molecule has 18 heavy (non-hydrogen) atoms. The Labute approximate surface area is 105 Å². The molecule has 0 amide bonds. The summed E-state index contributed by atoms with van der Waals surface area (Å²) >= 11 is 0. The summed E-state index contributed by atoms with van der Waals surface area (Å²) < 4.78 is 0. The Morgan fingerprint density at radius 1 is 1.44 bits per heavy atom. The molecule has 0 aromatic rings. The molecule has 1 atom stereocenters. The van der Waals surface area contributed by atoms with Crippen LogP contribution < -0.4 is 16.4 Å². The lowest BCUT2D eigenvalue weighted by molar-refractivity contribution is -0.139. The molecular weight excluding hydrogens is 240 g/mol. The number of carboxylic acid groups (broad SMARTS) is 2. The molecule has 0 spiro atoms. The lowest BCUT2D eigenvalue weighted by Crippen LogP contribution is -2.39. The molecule has 0 saturated carbocycles. The van der Waals surface area contributed by atoms with Crippen LogP contribution in [-0.2, 0) is 9.59 Å². The second kappa shape index (κ2) is 9.14. The Balaban J connectivity index is 4.40. The van der Waals surface area contributed by atoms with Crippen LogP contribution >= 0.6 is 0 Å². The van der Waals surface area contributed by atoms with E-state index in [4.69, 9.17) is 15.9 Å². The Hall–Kier alpha value is -1.93. The van der Waals surface area contributed by atoms with Gasteiger partial charge in [0.25, 0.3) is 0 Å². The Bertz CT molecular complexity index is 330. The summed E-state index contributed by atoms with van der Waals surface area (Å²) in [6.07, 6.45) is 1.42. The molecule has 0 radical (unpaired) electrons. The van der Waals surface area contributed by atoms with Gasteiger partial charge in [0.1, 0.15) is 12.6 Å². The first-order chi connectivity index (χ1) is 8.51. The van der Waals surface area contributed by atoms with E-state index in [0.717, 1.165) is 0 Å². The lowest BCUT2D eigenvalue weighted by Gasteiger charge is -2.13. The molecule has 6 N–H and O–H groups in total. The molecule has 0 heterocycles. The van der Waals surface area contributed by atoms with E-state index < -0.39 is 18.0 Å². The Kier molecular flexibility index (Phi) is 8.16. The second-order valence-electron chi connectivity index (χ2n) is 3.41. The standard InChI is InChI=1S/C10H18N4O4/c1-12-7(5-13-6-9(15)16)4-8(10(17)18)14-3-2-11/h5,8,13-14H,1-4,6,11H2,(H,15,16)(H,17,18)/b7-5-. The number of carbonyl (C=O) groups is 2. The minimum atomic E-state index is -1.03. The molecule has 102 valence electrons. The lowest BCUT2D eigenvalue weighted by atomic mass is 10.1. The first kappa shape index (κ1) is 16.1. The van der Waals surface area contributed by atoms with Gasteiger partial charge in [-0.15, -0.1) is 0 Å². The summed E-state index contributed by atoms with van der Waals surface area (Å²) in [6.45, 7) is 3.72. The van der Waals surface area contributed by atoms with Gasteiger partial charge in [-0.2, -0.15) is 0 Å². The highest BCUT2D eigenvalue weighted by atomic mass is 16.4. The zero-order chi connectivity index (χ0) is 14.0. The van der Waals surface area contributed by atoms with Gasteiger partial charge in [0.2, 0.25) is 0 Å². The monoisotopic (exact) mass is 258 g/mol. The van der Waals surface area contributed by atoms with Crippen LogP contribution in [0.3, 0.4) is 0 Å². The van der Waals surface area contributed by atoms with E-state index in [9.17, 15) is 9.59 Å². The van der Waals surface area contributed by atoms with Crippen molar-refractivity contribution in [3.8, 4) is 0 Å². The van der Waals surface area contributed by atoms with E-state index in [1.54, 1.807) is 0 Å². The van der Waals surface area contributed by atoms with Crippen molar-refractivity contribution < 1.29 is 19.8 Å². The zero-order valence-electron chi connectivity index (χ0n) is 9.93. The van der Waals surface area contributed by atoms with Crippen molar-refractivity contribution in [2.45, 2.75) is 12.5 Å². The summed E-state index contributed by atoms with van der Waals surface area (Å²) in [7, 11) is 0. The molecule has 0 bridgehead atoms. The maximum atomic E-state index is 10.9. The SMILES string of the molecule is C=N/C(=C\NCC(=O)O)CC(NCCN)C(=O)O. The van der Waals surface area contributed by atoms with E-state index in [0.29, 0.717) is 18.8 Å². The van der Waals surface area contributed by atoms with Crippen molar-refractivity contribution in [1.29, 1.82) is 0 Å². The first-order valence-electron chi connectivity index (χ1n) is 5.28. The van der Waals surface area contributed by atoms with Crippen LogP contribution in [0.5, 0.6) is 0 Å². The molecular formula is C10H18N4O4. The third-order valence-electron chi connectivity index (χ3n) is 1.97. The smallest absolute Gasteiger partial charge is 0.322 e. The number of hydrogen-bond donors (Lipinski definition) is 5. The number of aliphatic carboxylic acids is 2. The van der Waals surface area contributed by atoms with Gasteiger partial charge in [-0.25, -0.2) is 0 Å². The summed E-state index contributed by atoms with van der Waals surface area (Å²) in [6, 6.07) is -0.836.